The molecule has 0 saturated carbocycles. The molecule has 4 heteroatoms. The first-order valence-electron chi connectivity index (χ1n) is 17.4. The summed E-state index contributed by atoms with van der Waals surface area (Å²) in [5, 5.41) is 9.62. The fourth-order valence-corrected chi connectivity index (χ4v) is 10.5. The zero-order valence-electron chi connectivity index (χ0n) is 27.9. The quantitative estimate of drug-likeness (QED) is 0.175. The standard InChI is InChI=1S/C47H30NO2Si/c1-51-43-26-25-36-35-11-4-6-14-40(35)50-47(36)46(43)38-24-23-34(28-44(38)51)48(39-13-8-16-42-45(39)37-12-5-7-15-41(37)49-42)33-21-19-30(20-22-33)32-18-17-29-9-2-3-10-31(29)27-32/h2-28H,1H3/q-1. The lowest BCUT2D eigenvalue weighted by Crippen LogP contribution is -2.10. The van der Waals surface area contributed by atoms with E-state index >= 15 is 0 Å². The van der Waals surface area contributed by atoms with Crippen LogP contribution in [0.4, 0.5) is 17.1 Å². The van der Waals surface area contributed by atoms with Gasteiger partial charge in [-0.25, -0.2) is 0 Å². The van der Waals surface area contributed by atoms with Crippen molar-refractivity contribution in [3.63, 3.8) is 0 Å². The minimum Gasteiger partial charge on any atom is -0.456 e. The number of fused-ring (bicyclic) bond motifs is 11. The minimum absolute atomic E-state index is 0.882. The van der Waals surface area contributed by atoms with E-state index in [1.165, 1.54) is 53.4 Å². The predicted molar refractivity (Wildman–Crippen MR) is 216 cm³/mol. The van der Waals surface area contributed by atoms with Crippen molar-refractivity contribution in [2.24, 2.45) is 6.55 Å². The van der Waals surface area contributed by atoms with E-state index in [1.807, 2.05) is 12.1 Å². The summed E-state index contributed by atoms with van der Waals surface area (Å²) in [6.07, 6.45) is 0. The van der Waals surface area contributed by atoms with Crippen LogP contribution < -0.4 is 4.90 Å². The summed E-state index contributed by atoms with van der Waals surface area (Å²) in [7, 11) is -1.05. The van der Waals surface area contributed by atoms with Crippen LogP contribution in [0.5, 0.6) is 0 Å². The van der Waals surface area contributed by atoms with E-state index in [9.17, 15) is 0 Å². The Labute approximate surface area is 295 Å². The highest BCUT2D eigenvalue weighted by Crippen LogP contribution is 2.45. The fourth-order valence-electron chi connectivity index (χ4n) is 8.25. The van der Waals surface area contributed by atoms with Crippen LogP contribution >= 0.6 is 0 Å². The van der Waals surface area contributed by atoms with E-state index in [1.54, 1.807) is 0 Å². The fraction of sp³-hybridized carbons (Fsp3) is 0.0213. The lowest BCUT2D eigenvalue weighted by Gasteiger charge is -2.27. The van der Waals surface area contributed by atoms with Crippen molar-refractivity contribution in [2.45, 2.75) is 0 Å². The number of nitrogens with zero attached hydrogens (tertiary/aromatic N) is 1. The molecule has 0 radical (unpaired) electrons. The molecule has 0 saturated heterocycles. The first-order valence-corrected chi connectivity index (χ1v) is 19.4. The van der Waals surface area contributed by atoms with Crippen LogP contribution in [0.25, 0.3) is 86.5 Å². The molecular weight excluding hydrogens is 639 g/mol. The van der Waals surface area contributed by atoms with E-state index in [4.69, 9.17) is 8.83 Å². The molecule has 0 aliphatic rings. The maximum Gasteiger partial charge on any atom is 0.140 e. The Hall–Kier alpha value is -6.36. The molecule has 0 aliphatic heterocycles. The van der Waals surface area contributed by atoms with E-state index < -0.39 is 8.40 Å². The number of furan rings is 2. The van der Waals surface area contributed by atoms with Crippen LogP contribution in [0, 0.1) is 0 Å². The zero-order valence-corrected chi connectivity index (χ0v) is 28.9. The maximum absolute atomic E-state index is 6.56. The first kappa shape index (κ1) is 28.5. The van der Waals surface area contributed by atoms with Gasteiger partial charge in [0.25, 0.3) is 0 Å². The molecule has 0 atom stereocenters. The largest absolute Gasteiger partial charge is 0.456 e. The van der Waals surface area contributed by atoms with Crippen LogP contribution in [0.1, 0.15) is 0 Å². The van der Waals surface area contributed by atoms with Crippen LogP contribution in [-0.2, 0) is 6.55 Å². The third-order valence-corrected chi connectivity index (χ3v) is 13.2. The third kappa shape index (κ3) is 4.24. The zero-order chi connectivity index (χ0) is 33.6. The Morgan fingerprint density at radius 2 is 1.12 bits per heavy atom. The molecule has 0 bridgehead atoms. The van der Waals surface area contributed by atoms with E-state index in [-0.39, 0.29) is 0 Å². The summed E-state index contributed by atoms with van der Waals surface area (Å²) in [4.78, 5) is 5.22. The Morgan fingerprint density at radius 1 is 0.431 bits per heavy atom. The maximum atomic E-state index is 6.56. The molecule has 3 heterocycles. The summed E-state index contributed by atoms with van der Waals surface area (Å²) in [5.41, 5.74) is 9.43. The molecule has 0 fully saturated rings. The monoisotopic (exact) mass is 668 g/mol. The second-order valence-corrected chi connectivity index (χ2v) is 15.8. The van der Waals surface area contributed by atoms with Gasteiger partial charge in [0.2, 0.25) is 0 Å². The van der Waals surface area contributed by atoms with Gasteiger partial charge < -0.3 is 13.7 Å². The van der Waals surface area contributed by atoms with Gasteiger partial charge in [0.1, 0.15) is 22.3 Å². The Balaban J connectivity index is 1.13. The van der Waals surface area contributed by atoms with Gasteiger partial charge in [0.15, 0.2) is 0 Å². The molecule has 240 valence electrons. The Bertz CT molecular complexity index is 3160. The SMILES string of the molecule is C[si-]1c2cc(N(c3ccc(-c4ccc5ccccc5c4)cc3)c3cccc4oc5ccccc5c34)ccc2c2c3oc4ccccc4c3ccc21. The lowest BCUT2D eigenvalue weighted by atomic mass is 10.0. The molecule has 51 heavy (non-hydrogen) atoms. The first-order chi connectivity index (χ1) is 25.2. The molecule has 0 amide bonds. The Morgan fingerprint density at radius 3 is 1.98 bits per heavy atom. The summed E-state index contributed by atoms with van der Waals surface area (Å²) in [6.45, 7) is 2.42. The van der Waals surface area contributed by atoms with Crippen LogP contribution in [0.2, 0.25) is 0 Å². The van der Waals surface area contributed by atoms with Crippen LogP contribution in [0.15, 0.2) is 173 Å². The van der Waals surface area contributed by atoms with Gasteiger partial charge in [-0.1, -0.05) is 115 Å². The molecule has 0 unspecified atom stereocenters. The topological polar surface area (TPSA) is 29.5 Å². The third-order valence-electron chi connectivity index (χ3n) is 10.7. The van der Waals surface area contributed by atoms with Crippen molar-refractivity contribution in [3.8, 4) is 11.1 Å². The molecular formula is C47H30NO2Si-. The number of anilines is 3. The molecule has 3 aromatic heterocycles. The molecule has 0 N–H and O–H groups in total. The number of aryl methyl sites for hydroxylation is 1. The highest BCUT2D eigenvalue weighted by molar-refractivity contribution is 6.77. The number of para-hydroxylation sites is 2. The van der Waals surface area contributed by atoms with Gasteiger partial charge in [0.05, 0.1) is 11.1 Å². The van der Waals surface area contributed by atoms with E-state index in [2.05, 4.69) is 163 Å². The summed E-state index contributed by atoms with van der Waals surface area (Å²) in [5.74, 6) is 0. The van der Waals surface area contributed by atoms with Crippen molar-refractivity contribution < 1.29 is 8.83 Å². The van der Waals surface area contributed by atoms with Crippen molar-refractivity contribution in [1.82, 2.24) is 0 Å². The summed E-state index contributed by atoms with van der Waals surface area (Å²) in [6, 6.07) is 59.0. The number of rotatable bonds is 4. The van der Waals surface area contributed by atoms with Crippen LogP contribution in [-0.4, -0.2) is 8.40 Å². The average molecular weight is 669 g/mol. The molecule has 0 spiro atoms. The van der Waals surface area contributed by atoms with Crippen molar-refractivity contribution >= 4 is 101 Å². The van der Waals surface area contributed by atoms with Gasteiger partial charge >= 0.3 is 0 Å². The highest BCUT2D eigenvalue weighted by atomic mass is 28.2. The van der Waals surface area contributed by atoms with Crippen molar-refractivity contribution in [3.05, 3.63) is 164 Å². The lowest BCUT2D eigenvalue weighted by molar-refractivity contribution is 0.669. The second-order valence-electron chi connectivity index (χ2n) is 13.5. The Kier molecular flexibility index (Phi) is 6.04. The van der Waals surface area contributed by atoms with Crippen molar-refractivity contribution in [1.29, 1.82) is 0 Å². The molecule has 0 aliphatic carbocycles. The number of hydrogen-bond acceptors (Lipinski definition) is 3. The highest BCUT2D eigenvalue weighted by Gasteiger charge is 2.20. The minimum atomic E-state index is -1.05. The van der Waals surface area contributed by atoms with Gasteiger partial charge in [-0.05, 0) is 81.2 Å². The molecule has 8 aromatic carbocycles. The van der Waals surface area contributed by atoms with Gasteiger partial charge in [-0.15, -0.1) is 0 Å². The number of hydrogen-bond donors (Lipinski definition) is 0. The average Bonchev–Trinajstić information content (AvgIpc) is 3.85. The normalized spacial score (nSPS) is 12.0. The second kappa shape index (κ2) is 10.8. The van der Waals surface area contributed by atoms with Gasteiger partial charge in [-0.3, -0.25) is 8.40 Å². The summed E-state index contributed by atoms with van der Waals surface area (Å²) < 4.78 is 13.0. The molecule has 11 aromatic rings. The predicted octanol–water partition coefficient (Wildman–Crippen LogP) is 13.4. The van der Waals surface area contributed by atoms with Gasteiger partial charge in [0, 0.05) is 27.5 Å². The van der Waals surface area contributed by atoms with E-state index in [0.29, 0.717) is 0 Å². The van der Waals surface area contributed by atoms with E-state index in [0.717, 1.165) is 50.2 Å². The summed E-state index contributed by atoms with van der Waals surface area (Å²) >= 11 is 0. The molecule has 11 rings (SSSR count). The smallest absolute Gasteiger partial charge is 0.140 e. The molecule has 3 nitrogen and oxygen atoms in total. The van der Waals surface area contributed by atoms with Crippen molar-refractivity contribution in [2.75, 3.05) is 4.90 Å². The van der Waals surface area contributed by atoms with Crippen LogP contribution in [0.3, 0.4) is 0 Å². The van der Waals surface area contributed by atoms with Gasteiger partial charge in [-0.2, -0.15) is 16.5 Å². The number of benzene rings is 8.